The van der Waals surface area contributed by atoms with E-state index in [1.807, 2.05) is 22.4 Å². The van der Waals surface area contributed by atoms with Crippen LogP contribution in [0.2, 0.25) is 0 Å². The number of esters is 1. The van der Waals surface area contributed by atoms with Crippen molar-refractivity contribution in [3.63, 3.8) is 0 Å². The molecule has 2 aromatic rings. The predicted molar refractivity (Wildman–Crippen MR) is 120 cm³/mol. The molecule has 0 aliphatic carbocycles. The zero-order valence-electron chi connectivity index (χ0n) is 17.9. The lowest BCUT2D eigenvalue weighted by molar-refractivity contribution is -0.133. The fourth-order valence-electron chi connectivity index (χ4n) is 3.32. The number of ether oxygens (including phenoxy) is 1. The van der Waals surface area contributed by atoms with Crippen LogP contribution < -0.4 is 4.90 Å². The van der Waals surface area contributed by atoms with E-state index >= 15 is 0 Å². The van der Waals surface area contributed by atoms with Crippen molar-refractivity contribution in [2.75, 3.05) is 45.7 Å². The molecule has 168 valence electrons. The summed E-state index contributed by atoms with van der Waals surface area (Å²) in [6, 6.07) is 8.32. The van der Waals surface area contributed by atoms with E-state index in [0.29, 0.717) is 12.2 Å². The van der Waals surface area contributed by atoms with Crippen molar-refractivity contribution in [2.24, 2.45) is 0 Å². The standard InChI is InChI=1S/C21H27N3O5S2/c1-22(2)31(27,28)17-8-9-19(24-10-4-5-11-24)18(13-17)21(26)29-15-20(25)23(3)14-16-7-6-12-30-16/h6-9,12-13H,4-5,10-11,14-15H2,1-3H3. The highest BCUT2D eigenvalue weighted by molar-refractivity contribution is 7.89. The molecule has 1 fully saturated rings. The maximum Gasteiger partial charge on any atom is 0.340 e. The lowest BCUT2D eigenvalue weighted by Gasteiger charge is -2.22. The first-order valence-electron chi connectivity index (χ1n) is 9.95. The van der Waals surface area contributed by atoms with E-state index in [4.69, 9.17) is 4.74 Å². The Labute approximate surface area is 187 Å². The van der Waals surface area contributed by atoms with E-state index in [1.54, 1.807) is 24.5 Å². The lowest BCUT2D eigenvalue weighted by Crippen LogP contribution is -2.31. The van der Waals surface area contributed by atoms with Crippen molar-refractivity contribution in [3.05, 3.63) is 46.2 Å². The second kappa shape index (κ2) is 9.80. The number of thiophene rings is 1. The number of rotatable bonds is 8. The molecule has 0 radical (unpaired) electrons. The molecule has 1 aromatic carbocycles. The van der Waals surface area contributed by atoms with Crippen molar-refractivity contribution >= 4 is 38.9 Å². The summed E-state index contributed by atoms with van der Waals surface area (Å²) in [7, 11) is 0.803. The van der Waals surface area contributed by atoms with Crippen LogP contribution in [0.15, 0.2) is 40.6 Å². The third-order valence-corrected chi connectivity index (χ3v) is 7.81. The van der Waals surface area contributed by atoms with Crippen LogP contribution in [0.1, 0.15) is 28.1 Å². The number of nitrogens with zero attached hydrogens (tertiary/aromatic N) is 3. The molecule has 1 aliphatic heterocycles. The summed E-state index contributed by atoms with van der Waals surface area (Å²) in [5.74, 6) is -1.04. The summed E-state index contributed by atoms with van der Waals surface area (Å²) in [5, 5.41) is 1.93. The molecule has 1 saturated heterocycles. The number of amides is 1. The molecule has 10 heteroatoms. The topological polar surface area (TPSA) is 87.2 Å². The van der Waals surface area contributed by atoms with Crippen molar-refractivity contribution in [2.45, 2.75) is 24.3 Å². The number of benzene rings is 1. The average Bonchev–Trinajstić information content (AvgIpc) is 3.45. The zero-order chi connectivity index (χ0) is 22.6. The normalized spacial score (nSPS) is 14.1. The van der Waals surface area contributed by atoms with Gasteiger partial charge in [-0.2, -0.15) is 0 Å². The molecule has 0 N–H and O–H groups in total. The lowest BCUT2D eigenvalue weighted by atomic mass is 10.1. The van der Waals surface area contributed by atoms with Gasteiger partial charge in [0.05, 0.1) is 22.7 Å². The van der Waals surface area contributed by atoms with E-state index in [0.717, 1.165) is 35.1 Å². The van der Waals surface area contributed by atoms with Crippen molar-refractivity contribution in [3.8, 4) is 0 Å². The van der Waals surface area contributed by atoms with Crippen LogP contribution >= 0.6 is 11.3 Å². The molecule has 0 spiro atoms. The number of carbonyl (C=O) groups is 2. The Morgan fingerprint density at radius 1 is 1.13 bits per heavy atom. The fourth-order valence-corrected chi connectivity index (χ4v) is 5.01. The highest BCUT2D eigenvalue weighted by Gasteiger charge is 2.26. The molecule has 0 saturated carbocycles. The van der Waals surface area contributed by atoms with Gasteiger partial charge in [0, 0.05) is 39.1 Å². The first kappa shape index (κ1) is 23.2. The third-order valence-electron chi connectivity index (χ3n) is 5.14. The summed E-state index contributed by atoms with van der Waals surface area (Å²) >= 11 is 1.54. The van der Waals surface area contributed by atoms with Crippen molar-refractivity contribution < 1.29 is 22.7 Å². The van der Waals surface area contributed by atoms with Crippen LogP contribution in [-0.2, 0) is 26.1 Å². The van der Waals surface area contributed by atoms with Gasteiger partial charge < -0.3 is 14.5 Å². The first-order chi connectivity index (χ1) is 14.7. The molecule has 0 atom stereocenters. The number of hydrogen-bond donors (Lipinski definition) is 0. The molecule has 8 nitrogen and oxygen atoms in total. The Hall–Kier alpha value is -2.43. The molecule has 31 heavy (non-hydrogen) atoms. The number of anilines is 1. The number of likely N-dealkylation sites (N-methyl/N-ethyl adjacent to an activating group) is 1. The summed E-state index contributed by atoms with van der Waals surface area (Å²) in [4.78, 5) is 29.9. The van der Waals surface area contributed by atoms with E-state index in [1.165, 1.54) is 31.1 Å². The van der Waals surface area contributed by atoms with Gasteiger partial charge in [0.2, 0.25) is 10.0 Å². The van der Waals surface area contributed by atoms with Gasteiger partial charge in [0.1, 0.15) is 0 Å². The van der Waals surface area contributed by atoms with Gasteiger partial charge in [-0.15, -0.1) is 11.3 Å². The monoisotopic (exact) mass is 465 g/mol. The van der Waals surface area contributed by atoms with Crippen LogP contribution in [0, 0.1) is 0 Å². The number of hydrogen-bond acceptors (Lipinski definition) is 7. The molecule has 0 bridgehead atoms. The molecule has 0 unspecified atom stereocenters. The van der Waals surface area contributed by atoms with Gasteiger partial charge in [0.15, 0.2) is 6.61 Å². The Kier molecular flexibility index (Phi) is 7.34. The summed E-state index contributed by atoms with van der Waals surface area (Å²) in [6.07, 6.45) is 2.00. The quantitative estimate of drug-likeness (QED) is 0.557. The molecular weight excluding hydrogens is 438 g/mol. The van der Waals surface area contributed by atoms with E-state index in [-0.39, 0.29) is 16.4 Å². The smallest absolute Gasteiger partial charge is 0.340 e. The van der Waals surface area contributed by atoms with Gasteiger partial charge >= 0.3 is 5.97 Å². The van der Waals surface area contributed by atoms with E-state index in [2.05, 4.69) is 0 Å². The van der Waals surface area contributed by atoms with E-state index < -0.39 is 22.6 Å². The highest BCUT2D eigenvalue weighted by Crippen LogP contribution is 2.28. The zero-order valence-corrected chi connectivity index (χ0v) is 19.5. The van der Waals surface area contributed by atoms with E-state index in [9.17, 15) is 18.0 Å². The second-order valence-corrected chi connectivity index (χ2v) is 10.7. The number of carbonyl (C=O) groups excluding carboxylic acids is 2. The Bertz CT molecular complexity index is 1030. The molecule has 3 rings (SSSR count). The molecular formula is C21H27N3O5S2. The molecule has 1 aliphatic rings. The summed E-state index contributed by atoms with van der Waals surface area (Å²) in [6.45, 7) is 1.58. The molecule has 2 heterocycles. The molecule has 1 amide bonds. The number of sulfonamides is 1. The maximum atomic E-state index is 12.9. The van der Waals surface area contributed by atoms with Crippen LogP contribution in [0.25, 0.3) is 0 Å². The average molecular weight is 466 g/mol. The minimum absolute atomic E-state index is 0.00790. The van der Waals surface area contributed by atoms with Crippen LogP contribution in [-0.4, -0.2) is 70.3 Å². The van der Waals surface area contributed by atoms with Gasteiger partial charge in [-0.3, -0.25) is 4.79 Å². The first-order valence-corrected chi connectivity index (χ1v) is 12.3. The van der Waals surface area contributed by atoms with Crippen LogP contribution in [0.4, 0.5) is 5.69 Å². The Morgan fingerprint density at radius 2 is 1.84 bits per heavy atom. The summed E-state index contributed by atoms with van der Waals surface area (Å²) < 4.78 is 31.5. The highest BCUT2D eigenvalue weighted by atomic mass is 32.2. The van der Waals surface area contributed by atoms with Crippen LogP contribution in [0.3, 0.4) is 0 Å². The second-order valence-electron chi connectivity index (χ2n) is 7.57. The third kappa shape index (κ3) is 5.44. The maximum absolute atomic E-state index is 12.9. The van der Waals surface area contributed by atoms with Gasteiger partial charge in [-0.05, 0) is 42.5 Å². The fraction of sp³-hybridized carbons (Fsp3) is 0.429. The van der Waals surface area contributed by atoms with Crippen LogP contribution in [0.5, 0.6) is 0 Å². The Morgan fingerprint density at radius 3 is 2.45 bits per heavy atom. The van der Waals surface area contributed by atoms with Crippen molar-refractivity contribution in [1.82, 2.24) is 9.21 Å². The van der Waals surface area contributed by atoms with Gasteiger partial charge in [-0.25, -0.2) is 17.5 Å². The summed E-state index contributed by atoms with van der Waals surface area (Å²) in [5.41, 5.74) is 0.776. The van der Waals surface area contributed by atoms with Gasteiger partial charge in [0.25, 0.3) is 5.91 Å². The molecule has 1 aromatic heterocycles. The minimum atomic E-state index is -3.71. The SMILES string of the molecule is CN(Cc1cccs1)C(=O)COC(=O)c1cc(S(=O)(=O)N(C)C)ccc1N1CCCC1. The minimum Gasteiger partial charge on any atom is -0.452 e. The van der Waals surface area contributed by atoms with Gasteiger partial charge in [-0.1, -0.05) is 6.07 Å². The largest absolute Gasteiger partial charge is 0.452 e. The Balaban J connectivity index is 1.78. The predicted octanol–water partition coefficient (Wildman–Crippen LogP) is 2.41. The van der Waals surface area contributed by atoms with Crippen molar-refractivity contribution in [1.29, 1.82) is 0 Å².